The van der Waals surface area contributed by atoms with Crippen molar-refractivity contribution < 1.29 is 9.53 Å². The lowest BCUT2D eigenvalue weighted by Crippen LogP contribution is -2.38. The topological polar surface area (TPSA) is 62.4 Å². The van der Waals surface area contributed by atoms with Gasteiger partial charge in [0.1, 0.15) is 0 Å². The molecule has 18 heavy (non-hydrogen) atoms. The Bertz CT molecular complexity index is 395. The van der Waals surface area contributed by atoms with Crippen molar-refractivity contribution in [2.45, 2.75) is 5.56 Å². The quantitative estimate of drug-likeness (QED) is 0.422. The van der Waals surface area contributed by atoms with E-state index >= 15 is 0 Å². The molecule has 0 aliphatic rings. The zero-order valence-electron chi connectivity index (χ0n) is 10.1. The minimum Gasteiger partial charge on any atom is -0.361 e. The number of hydrogen-bond acceptors (Lipinski definition) is 3. The highest BCUT2D eigenvalue weighted by Gasteiger charge is 2.05. The summed E-state index contributed by atoms with van der Waals surface area (Å²) in [7, 11) is 1.54. The lowest BCUT2D eigenvalue weighted by atomic mass is 10.2. The molecule has 1 aromatic rings. The van der Waals surface area contributed by atoms with E-state index < -0.39 is 5.56 Å². The van der Waals surface area contributed by atoms with Crippen LogP contribution in [0.1, 0.15) is 11.1 Å². The number of urea groups is 1. The van der Waals surface area contributed by atoms with E-state index in [1.165, 1.54) is 7.11 Å². The minimum absolute atomic E-state index is 0.328. The third-order valence-electron chi connectivity index (χ3n) is 2.11. The summed E-state index contributed by atoms with van der Waals surface area (Å²) in [6.07, 6.45) is 1.60. The van der Waals surface area contributed by atoms with Crippen LogP contribution < -0.4 is 16.2 Å². The number of amides is 2. The molecule has 0 bridgehead atoms. The molecule has 1 aromatic carbocycles. The number of carbonyl (C=O) groups excluding carboxylic acids is 1. The number of rotatable bonds is 6. The summed E-state index contributed by atoms with van der Waals surface area (Å²) in [6.45, 7) is 3.91. The van der Waals surface area contributed by atoms with Crippen molar-refractivity contribution in [1.82, 2.24) is 10.7 Å². The standard InChI is InChI=1S/C12H16ClN3O2/c1-3-8-14-12(17)16-15-10-6-4-9(5-7-10)11(13)18-2/h3-7,11,15H,1,8H2,2H3,(H2,14,16,17). The third kappa shape index (κ3) is 4.65. The van der Waals surface area contributed by atoms with Gasteiger partial charge in [-0.15, -0.1) is 6.58 Å². The predicted molar refractivity (Wildman–Crippen MR) is 72.4 cm³/mol. The van der Waals surface area contributed by atoms with E-state index in [1.54, 1.807) is 18.2 Å². The zero-order chi connectivity index (χ0) is 13.4. The van der Waals surface area contributed by atoms with Crippen LogP contribution in [0, 0.1) is 0 Å². The maximum Gasteiger partial charge on any atom is 0.333 e. The van der Waals surface area contributed by atoms with Crippen molar-refractivity contribution in [3.8, 4) is 0 Å². The van der Waals surface area contributed by atoms with E-state index in [0.717, 1.165) is 11.3 Å². The summed E-state index contributed by atoms with van der Waals surface area (Å²) in [6, 6.07) is 6.88. The molecule has 2 amide bonds. The van der Waals surface area contributed by atoms with E-state index in [4.69, 9.17) is 16.3 Å². The van der Waals surface area contributed by atoms with Crippen LogP contribution in [-0.4, -0.2) is 19.7 Å². The van der Waals surface area contributed by atoms with Gasteiger partial charge in [-0.05, 0) is 17.7 Å². The molecule has 0 saturated heterocycles. The molecule has 0 fully saturated rings. The number of alkyl halides is 1. The third-order valence-corrected chi connectivity index (χ3v) is 2.54. The Morgan fingerprint density at radius 3 is 2.72 bits per heavy atom. The highest BCUT2D eigenvalue weighted by molar-refractivity contribution is 6.19. The number of benzene rings is 1. The number of ether oxygens (including phenoxy) is 1. The van der Waals surface area contributed by atoms with E-state index in [0.29, 0.717) is 6.54 Å². The number of halogens is 1. The lowest BCUT2D eigenvalue weighted by molar-refractivity contribution is 0.170. The number of carbonyl (C=O) groups is 1. The fourth-order valence-electron chi connectivity index (χ4n) is 1.19. The molecule has 6 heteroatoms. The van der Waals surface area contributed by atoms with Gasteiger partial charge in [0.15, 0.2) is 5.56 Å². The first-order valence-electron chi connectivity index (χ1n) is 5.35. The van der Waals surface area contributed by atoms with Gasteiger partial charge in [0.2, 0.25) is 0 Å². The molecule has 0 aliphatic heterocycles. The second-order valence-corrected chi connectivity index (χ2v) is 3.82. The van der Waals surface area contributed by atoms with Gasteiger partial charge in [-0.25, -0.2) is 4.79 Å². The van der Waals surface area contributed by atoms with Crippen molar-refractivity contribution in [3.05, 3.63) is 42.5 Å². The number of hydrogen-bond donors (Lipinski definition) is 3. The van der Waals surface area contributed by atoms with Crippen LogP contribution >= 0.6 is 11.6 Å². The summed E-state index contributed by atoms with van der Waals surface area (Å²) in [5.74, 6) is 0. The van der Waals surface area contributed by atoms with Crippen molar-refractivity contribution >= 4 is 23.3 Å². The molecule has 0 spiro atoms. The van der Waals surface area contributed by atoms with Gasteiger partial charge < -0.3 is 10.1 Å². The molecule has 1 atom stereocenters. The van der Waals surface area contributed by atoms with Crippen LogP contribution in [0.4, 0.5) is 10.5 Å². The van der Waals surface area contributed by atoms with Gasteiger partial charge in [-0.3, -0.25) is 10.9 Å². The molecule has 3 N–H and O–H groups in total. The fourth-order valence-corrected chi connectivity index (χ4v) is 1.34. The van der Waals surface area contributed by atoms with Crippen molar-refractivity contribution in [2.24, 2.45) is 0 Å². The molecule has 0 heterocycles. The van der Waals surface area contributed by atoms with Crippen LogP contribution in [0.5, 0.6) is 0 Å². The zero-order valence-corrected chi connectivity index (χ0v) is 10.8. The lowest BCUT2D eigenvalue weighted by Gasteiger charge is -2.11. The molecule has 1 rings (SSSR count). The van der Waals surface area contributed by atoms with Crippen LogP contribution in [0.2, 0.25) is 0 Å². The van der Waals surface area contributed by atoms with Crippen LogP contribution in [0.3, 0.4) is 0 Å². The molecule has 5 nitrogen and oxygen atoms in total. The molecule has 98 valence electrons. The average molecular weight is 270 g/mol. The molecular weight excluding hydrogens is 254 g/mol. The van der Waals surface area contributed by atoms with Gasteiger partial charge in [0.25, 0.3) is 0 Å². The number of anilines is 1. The Labute approximate surface area is 111 Å². The largest absolute Gasteiger partial charge is 0.361 e. The van der Waals surface area contributed by atoms with Gasteiger partial charge >= 0.3 is 6.03 Å². The van der Waals surface area contributed by atoms with Gasteiger partial charge in [0, 0.05) is 13.7 Å². The van der Waals surface area contributed by atoms with Crippen molar-refractivity contribution in [3.63, 3.8) is 0 Å². The number of hydrazine groups is 1. The predicted octanol–water partition coefficient (Wildman–Crippen LogP) is 2.38. The normalized spacial score (nSPS) is 11.4. The monoisotopic (exact) mass is 269 g/mol. The molecule has 0 saturated carbocycles. The van der Waals surface area contributed by atoms with Gasteiger partial charge in [0.05, 0.1) is 5.69 Å². The average Bonchev–Trinajstić information content (AvgIpc) is 2.42. The van der Waals surface area contributed by atoms with Crippen LogP contribution in [0.25, 0.3) is 0 Å². The van der Waals surface area contributed by atoms with E-state index in [2.05, 4.69) is 22.7 Å². The Hall–Kier alpha value is -1.72. The van der Waals surface area contributed by atoms with Crippen LogP contribution in [0.15, 0.2) is 36.9 Å². The second kappa shape index (κ2) is 7.58. The SMILES string of the molecule is C=CCNC(=O)NNc1ccc(C(Cl)OC)cc1. The van der Waals surface area contributed by atoms with E-state index in [1.807, 2.05) is 12.1 Å². The van der Waals surface area contributed by atoms with Crippen molar-refractivity contribution in [2.75, 3.05) is 19.1 Å². The maximum absolute atomic E-state index is 11.2. The van der Waals surface area contributed by atoms with Crippen LogP contribution in [-0.2, 0) is 4.74 Å². The Morgan fingerprint density at radius 2 is 2.17 bits per heavy atom. The Balaban J connectivity index is 2.44. The summed E-state index contributed by atoms with van der Waals surface area (Å²) in [4.78, 5) is 11.2. The minimum atomic E-state index is -0.470. The van der Waals surface area contributed by atoms with Gasteiger partial charge in [-0.2, -0.15) is 0 Å². The van der Waals surface area contributed by atoms with Crippen molar-refractivity contribution in [1.29, 1.82) is 0 Å². The van der Waals surface area contributed by atoms with E-state index in [-0.39, 0.29) is 6.03 Å². The molecule has 0 radical (unpaired) electrons. The van der Waals surface area contributed by atoms with Gasteiger partial charge in [-0.1, -0.05) is 29.8 Å². The van der Waals surface area contributed by atoms with E-state index in [9.17, 15) is 4.79 Å². The summed E-state index contributed by atoms with van der Waals surface area (Å²) in [5.41, 5.74) is 6.36. The number of methoxy groups -OCH3 is 1. The Kier molecular flexibility index (Phi) is 6.04. The first-order chi connectivity index (χ1) is 8.67. The first-order valence-corrected chi connectivity index (χ1v) is 5.78. The maximum atomic E-state index is 11.2. The first kappa shape index (κ1) is 14.3. The summed E-state index contributed by atoms with van der Waals surface area (Å²) in [5, 5.41) is 2.57. The fraction of sp³-hybridized carbons (Fsp3) is 0.250. The smallest absolute Gasteiger partial charge is 0.333 e. The highest BCUT2D eigenvalue weighted by Crippen LogP contribution is 2.21. The Morgan fingerprint density at radius 1 is 1.50 bits per heavy atom. The summed E-state index contributed by atoms with van der Waals surface area (Å²) >= 11 is 5.90. The number of nitrogens with one attached hydrogen (secondary N) is 3. The molecule has 0 aromatic heterocycles. The summed E-state index contributed by atoms with van der Waals surface area (Å²) < 4.78 is 4.97. The molecule has 1 unspecified atom stereocenters. The molecule has 0 aliphatic carbocycles. The second-order valence-electron chi connectivity index (χ2n) is 3.42. The molecular formula is C12H16ClN3O2. The highest BCUT2D eigenvalue weighted by atomic mass is 35.5.